The summed E-state index contributed by atoms with van der Waals surface area (Å²) in [6, 6.07) is 12.0. The highest BCUT2D eigenvalue weighted by molar-refractivity contribution is 7.18. The smallest absolute Gasteiger partial charge is 0.260 e. The highest BCUT2D eigenvalue weighted by Crippen LogP contribution is 2.34. The molecule has 4 rings (SSSR count). The molecular weight excluding hydrogens is 372 g/mol. The van der Waals surface area contributed by atoms with Crippen molar-refractivity contribution in [3.05, 3.63) is 74.5 Å². The summed E-state index contributed by atoms with van der Waals surface area (Å²) in [4.78, 5) is 21.7. The summed E-state index contributed by atoms with van der Waals surface area (Å²) < 4.78 is 0. The van der Waals surface area contributed by atoms with Crippen LogP contribution in [0.15, 0.2) is 52.0 Å². The van der Waals surface area contributed by atoms with E-state index < -0.39 is 0 Å². The van der Waals surface area contributed by atoms with Crippen LogP contribution >= 0.6 is 34.3 Å². The molecule has 1 N–H and O–H groups in total. The second kappa shape index (κ2) is 6.59. The van der Waals surface area contributed by atoms with Gasteiger partial charge in [-0.05, 0) is 30.0 Å². The molecule has 0 amide bonds. The molecule has 0 aliphatic rings. The Kier molecular flexibility index (Phi) is 4.29. The molecule has 25 heavy (non-hydrogen) atoms. The summed E-state index contributed by atoms with van der Waals surface area (Å²) in [7, 11) is 0. The Bertz CT molecular complexity index is 1120. The van der Waals surface area contributed by atoms with Gasteiger partial charge in [0.15, 0.2) is 5.82 Å². The third kappa shape index (κ3) is 3.18. The minimum absolute atomic E-state index is 0.167. The van der Waals surface area contributed by atoms with Crippen LogP contribution < -0.4 is 5.56 Å². The fourth-order valence-electron chi connectivity index (χ4n) is 2.55. The van der Waals surface area contributed by atoms with Crippen molar-refractivity contribution < 1.29 is 0 Å². The Hall–Kier alpha value is -2.21. The molecule has 0 saturated heterocycles. The Morgan fingerprint density at radius 1 is 1.20 bits per heavy atom. The molecule has 0 saturated carbocycles. The van der Waals surface area contributed by atoms with E-state index in [1.54, 1.807) is 17.4 Å². The van der Waals surface area contributed by atoms with Crippen LogP contribution in [0.2, 0.25) is 0 Å². The Morgan fingerprint density at radius 2 is 2.00 bits per heavy atom. The number of aromatic amines is 1. The molecule has 3 nitrogen and oxygen atoms in total. The minimum atomic E-state index is -0.167. The van der Waals surface area contributed by atoms with E-state index in [9.17, 15) is 4.79 Å². The molecule has 1 aromatic carbocycles. The molecule has 0 unspecified atom stereocenters. The van der Waals surface area contributed by atoms with Crippen LogP contribution in [0.5, 0.6) is 0 Å². The van der Waals surface area contributed by atoms with E-state index in [0.717, 1.165) is 16.0 Å². The Labute approximate surface area is 157 Å². The summed E-state index contributed by atoms with van der Waals surface area (Å²) in [6.07, 6.45) is 1.80. The number of fused-ring (bicyclic) bond motifs is 1. The fraction of sp³-hybridized carbons (Fsp3) is 0.0526. The number of rotatable bonds is 3. The normalized spacial score (nSPS) is 12.0. The van der Waals surface area contributed by atoms with Gasteiger partial charge in [0.25, 0.3) is 5.56 Å². The molecule has 124 valence electrons. The maximum absolute atomic E-state index is 12.6. The molecule has 0 spiro atoms. The van der Waals surface area contributed by atoms with Crippen molar-refractivity contribution in [3.63, 3.8) is 0 Å². The third-order valence-corrected chi connectivity index (χ3v) is 5.89. The van der Waals surface area contributed by atoms with Crippen molar-refractivity contribution in [2.75, 3.05) is 0 Å². The summed E-state index contributed by atoms with van der Waals surface area (Å²) in [5, 5.41) is 5.00. The van der Waals surface area contributed by atoms with Crippen LogP contribution in [0.25, 0.3) is 31.8 Å². The first-order valence-corrected chi connectivity index (χ1v) is 9.75. The van der Waals surface area contributed by atoms with Crippen LogP contribution in [-0.4, -0.2) is 9.97 Å². The molecule has 0 atom stereocenters. The van der Waals surface area contributed by atoms with Gasteiger partial charge in [-0.2, -0.15) is 0 Å². The molecular formula is C19H13ClN2OS2. The number of aromatic nitrogens is 2. The average Bonchev–Trinajstić information content (AvgIpc) is 3.25. The van der Waals surface area contributed by atoms with Crippen molar-refractivity contribution >= 4 is 55.6 Å². The first-order valence-electron chi connectivity index (χ1n) is 7.61. The first kappa shape index (κ1) is 16.3. The average molecular weight is 385 g/mol. The van der Waals surface area contributed by atoms with Gasteiger partial charge in [0.2, 0.25) is 0 Å². The summed E-state index contributed by atoms with van der Waals surface area (Å²) >= 11 is 9.46. The molecule has 3 aromatic heterocycles. The van der Waals surface area contributed by atoms with Crippen LogP contribution in [-0.2, 0) is 0 Å². The van der Waals surface area contributed by atoms with E-state index in [2.05, 4.69) is 9.97 Å². The zero-order chi connectivity index (χ0) is 17.4. The summed E-state index contributed by atoms with van der Waals surface area (Å²) in [6.45, 7) is 2.03. The lowest BCUT2D eigenvalue weighted by Crippen LogP contribution is -2.10. The number of thiophene rings is 2. The summed E-state index contributed by atoms with van der Waals surface area (Å²) in [5.41, 5.74) is 2.90. The van der Waals surface area contributed by atoms with Crippen molar-refractivity contribution in [2.45, 2.75) is 6.92 Å². The third-order valence-electron chi connectivity index (χ3n) is 3.83. The number of nitrogens with one attached hydrogen (secondary N) is 1. The lowest BCUT2D eigenvalue weighted by atomic mass is 10.1. The zero-order valence-electron chi connectivity index (χ0n) is 13.2. The monoisotopic (exact) mass is 384 g/mol. The van der Waals surface area contributed by atoms with E-state index in [-0.39, 0.29) is 5.56 Å². The lowest BCUT2D eigenvalue weighted by molar-refractivity contribution is 1.14. The highest BCUT2D eigenvalue weighted by atomic mass is 35.5. The van der Waals surface area contributed by atoms with E-state index in [4.69, 9.17) is 11.6 Å². The minimum Gasteiger partial charge on any atom is -0.305 e. The largest absolute Gasteiger partial charge is 0.305 e. The molecule has 0 radical (unpaired) electrons. The quantitative estimate of drug-likeness (QED) is 0.488. The number of H-pyrrole nitrogens is 1. The zero-order valence-corrected chi connectivity index (χ0v) is 15.6. The Balaban J connectivity index is 1.79. The number of aryl methyl sites for hydroxylation is 1. The number of benzene rings is 1. The van der Waals surface area contributed by atoms with Crippen molar-refractivity contribution in [1.29, 1.82) is 0 Å². The molecule has 4 aromatic rings. The van der Waals surface area contributed by atoms with Gasteiger partial charge >= 0.3 is 0 Å². The SMILES string of the molecule is Cc1ccc(/C=C(\Cl)c2nc3scc(-c4cccs4)c3c(=O)[nH]2)cc1. The molecule has 3 heterocycles. The van der Waals surface area contributed by atoms with Gasteiger partial charge in [-0.25, -0.2) is 4.98 Å². The summed E-state index contributed by atoms with van der Waals surface area (Å²) in [5.74, 6) is 0.388. The second-order valence-corrected chi connectivity index (χ2v) is 7.84. The number of nitrogens with zero attached hydrogens (tertiary/aromatic N) is 1. The van der Waals surface area contributed by atoms with Gasteiger partial charge in [0.05, 0.1) is 10.4 Å². The molecule has 0 aliphatic heterocycles. The van der Waals surface area contributed by atoms with Gasteiger partial charge in [-0.1, -0.05) is 47.5 Å². The maximum atomic E-state index is 12.6. The predicted molar refractivity (Wildman–Crippen MR) is 108 cm³/mol. The van der Waals surface area contributed by atoms with Crippen molar-refractivity contribution in [3.8, 4) is 10.4 Å². The fourth-order valence-corrected chi connectivity index (χ4v) is 4.53. The van der Waals surface area contributed by atoms with Gasteiger partial charge in [0, 0.05) is 15.8 Å². The first-order chi connectivity index (χ1) is 12.1. The van der Waals surface area contributed by atoms with Crippen molar-refractivity contribution in [2.24, 2.45) is 0 Å². The van der Waals surface area contributed by atoms with Crippen LogP contribution in [0.1, 0.15) is 17.0 Å². The molecule has 0 fully saturated rings. The maximum Gasteiger partial charge on any atom is 0.260 e. The van der Waals surface area contributed by atoms with Gasteiger partial charge in [0.1, 0.15) is 4.83 Å². The number of hydrogen-bond acceptors (Lipinski definition) is 4. The van der Waals surface area contributed by atoms with Crippen LogP contribution in [0.4, 0.5) is 0 Å². The van der Waals surface area contributed by atoms with E-state index in [1.807, 2.05) is 54.1 Å². The van der Waals surface area contributed by atoms with E-state index >= 15 is 0 Å². The van der Waals surface area contributed by atoms with Gasteiger partial charge in [-0.3, -0.25) is 4.79 Å². The number of hydrogen-bond donors (Lipinski definition) is 1. The lowest BCUT2D eigenvalue weighted by Gasteiger charge is -2.01. The molecule has 6 heteroatoms. The van der Waals surface area contributed by atoms with Crippen molar-refractivity contribution in [1.82, 2.24) is 9.97 Å². The number of halogens is 1. The van der Waals surface area contributed by atoms with E-state index in [0.29, 0.717) is 21.1 Å². The predicted octanol–water partition coefficient (Wildman–Crippen LogP) is 5.76. The van der Waals surface area contributed by atoms with Gasteiger partial charge in [-0.15, -0.1) is 22.7 Å². The highest BCUT2D eigenvalue weighted by Gasteiger charge is 2.14. The second-order valence-electron chi connectivity index (χ2n) is 5.62. The topological polar surface area (TPSA) is 45.8 Å². The molecule has 0 aliphatic carbocycles. The van der Waals surface area contributed by atoms with Crippen LogP contribution in [0.3, 0.4) is 0 Å². The Morgan fingerprint density at radius 3 is 2.72 bits per heavy atom. The van der Waals surface area contributed by atoms with E-state index in [1.165, 1.54) is 16.9 Å². The van der Waals surface area contributed by atoms with Gasteiger partial charge < -0.3 is 4.98 Å². The van der Waals surface area contributed by atoms with Crippen LogP contribution in [0, 0.1) is 6.92 Å². The molecule has 0 bridgehead atoms. The standard InChI is InChI=1S/C19H13ClN2OS2/c1-11-4-6-12(7-5-11)9-14(20)17-21-18(23)16-13(10-25-19(16)22-17)15-3-2-8-24-15/h2-10H,1H3,(H,21,22,23)/b14-9-.